The van der Waals surface area contributed by atoms with Crippen LogP contribution in [0.3, 0.4) is 0 Å². The van der Waals surface area contributed by atoms with Crippen molar-refractivity contribution in [1.29, 1.82) is 0 Å². The van der Waals surface area contributed by atoms with E-state index in [1.54, 1.807) is 0 Å². The first kappa shape index (κ1) is 16.1. The number of allylic oxidation sites excluding steroid dienone is 2. The number of hydrogen-bond donors (Lipinski definition) is 1. The average molecular weight is 267 g/mol. The molecule has 110 valence electrons. The summed E-state index contributed by atoms with van der Waals surface area (Å²) in [6.45, 7) is 9.34. The van der Waals surface area contributed by atoms with E-state index in [1.807, 2.05) is 0 Å². The summed E-state index contributed by atoms with van der Waals surface area (Å²) in [6.07, 6.45) is 9.36. The lowest BCUT2D eigenvalue weighted by molar-refractivity contribution is 0.0819. The van der Waals surface area contributed by atoms with Crippen LogP contribution in [0.4, 0.5) is 4.79 Å². The number of hydrogen-bond acceptors (Lipinski definition) is 2. The number of ether oxygens (including phenoxy) is 1. The van der Waals surface area contributed by atoms with Crippen molar-refractivity contribution < 1.29 is 9.53 Å². The van der Waals surface area contributed by atoms with Gasteiger partial charge in [-0.05, 0) is 43.4 Å². The van der Waals surface area contributed by atoms with Gasteiger partial charge in [0.2, 0.25) is 0 Å². The Kier molecular flexibility index (Phi) is 6.40. The zero-order valence-corrected chi connectivity index (χ0v) is 12.9. The Labute approximate surface area is 117 Å². The number of alkyl carbamates (subject to hydrolysis) is 1. The molecule has 1 N–H and O–H groups in total. The first-order chi connectivity index (χ1) is 8.92. The molecule has 1 atom stereocenters. The lowest BCUT2D eigenvalue weighted by Crippen LogP contribution is -2.38. The standard InChI is InChI=1S/C16H29NO2/c1-13(2)16(3,4)12-17-15(18)19-14-10-8-6-5-7-9-11-14/h5-6,13-14H,7-12H2,1-4H3,(H,17,18)/b6-5+. The Balaban J connectivity index is 2.32. The van der Waals surface area contributed by atoms with Crippen molar-refractivity contribution in [3.8, 4) is 0 Å². The second-order valence-corrected chi connectivity index (χ2v) is 6.50. The van der Waals surface area contributed by atoms with Crippen molar-refractivity contribution in [2.24, 2.45) is 11.3 Å². The Morgan fingerprint density at radius 2 is 2.00 bits per heavy atom. The summed E-state index contributed by atoms with van der Waals surface area (Å²) in [5.74, 6) is 0.527. The van der Waals surface area contributed by atoms with E-state index in [-0.39, 0.29) is 17.6 Å². The van der Waals surface area contributed by atoms with Gasteiger partial charge < -0.3 is 10.1 Å². The van der Waals surface area contributed by atoms with Gasteiger partial charge in [-0.1, -0.05) is 39.8 Å². The molecule has 0 saturated carbocycles. The number of amides is 1. The maximum absolute atomic E-state index is 11.8. The fraction of sp³-hybridized carbons (Fsp3) is 0.812. The third-order valence-corrected chi connectivity index (χ3v) is 4.24. The van der Waals surface area contributed by atoms with E-state index in [2.05, 4.69) is 45.2 Å². The highest BCUT2D eigenvalue weighted by molar-refractivity contribution is 5.67. The second kappa shape index (κ2) is 7.56. The first-order valence-corrected chi connectivity index (χ1v) is 7.51. The molecule has 19 heavy (non-hydrogen) atoms. The van der Waals surface area contributed by atoms with Gasteiger partial charge in [-0.2, -0.15) is 0 Å². The van der Waals surface area contributed by atoms with E-state index in [1.165, 1.54) is 0 Å². The highest BCUT2D eigenvalue weighted by atomic mass is 16.6. The molecule has 1 rings (SSSR count). The van der Waals surface area contributed by atoms with Crippen LogP contribution in [0.5, 0.6) is 0 Å². The maximum atomic E-state index is 11.8. The number of nitrogens with one attached hydrogen (secondary N) is 1. The Morgan fingerprint density at radius 3 is 2.68 bits per heavy atom. The predicted octanol–water partition coefficient (Wildman–Crippen LogP) is 4.28. The topological polar surface area (TPSA) is 38.3 Å². The minimum atomic E-state index is -0.261. The SMILES string of the molecule is CC(C)C(C)(C)CNC(=O)OC1CC/C=C/CCC1. The molecule has 0 radical (unpaired) electrons. The zero-order chi connectivity index (χ0) is 14.3. The highest BCUT2D eigenvalue weighted by Crippen LogP contribution is 2.24. The van der Waals surface area contributed by atoms with E-state index >= 15 is 0 Å². The predicted molar refractivity (Wildman–Crippen MR) is 79.1 cm³/mol. The summed E-state index contributed by atoms with van der Waals surface area (Å²) in [5.41, 5.74) is 0.0999. The highest BCUT2D eigenvalue weighted by Gasteiger charge is 2.24. The van der Waals surface area contributed by atoms with Crippen molar-refractivity contribution in [1.82, 2.24) is 5.32 Å². The van der Waals surface area contributed by atoms with Crippen molar-refractivity contribution in [3.63, 3.8) is 0 Å². The van der Waals surface area contributed by atoms with E-state index in [0.29, 0.717) is 12.5 Å². The quantitative estimate of drug-likeness (QED) is 0.772. The molecule has 0 aliphatic heterocycles. The normalized spacial score (nSPS) is 22.5. The van der Waals surface area contributed by atoms with E-state index in [0.717, 1.165) is 32.1 Å². The average Bonchev–Trinajstić information content (AvgIpc) is 2.30. The number of rotatable bonds is 4. The van der Waals surface area contributed by atoms with Gasteiger partial charge in [-0.25, -0.2) is 4.79 Å². The van der Waals surface area contributed by atoms with Gasteiger partial charge in [0.05, 0.1) is 0 Å². The third-order valence-electron chi connectivity index (χ3n) is 4.24. The molecule has 0 heterocycles. The van der Waals surface area contributed by atoms with E-state index < -0.39 is 0 Å². The van der Waals surface area contributed by atoms with Crippen LogP contribution in [0.25, 0.3) is 0 Å². The molecule has 3 heteroatoms. The van der Waals surface area contributed by atoms with Gasteiger partial charge in [0.25, 0.3) is 0 Å². The van der Waals surface area contributed by atoms with Crippen LogP contribution in [0, 0.1) is 11.3 Å². The molecule has 1 amide bonds. The Bertz CT molecular complexity index is 308. The lowest BCUT2D eigenvalue weighted by Gasteiger charge is -2.29. The van der Waals surface area contributed by atoms with Crippen LogP contribution in [-0.2, 0) is 4.74 Å². The molecule has 0 aromatic carbocycles. The van der Waals surface area contributed by atoms with Crippen molar-refractivity contribution in [2.45, 2.75) is 65.9 Å². The third kappa shape index (κ3) is 6.13. The molecule has 0 spiro atoms. The molecule has 0 aromatic rings. The molecule has 0 bridgehead atoms. The van der Waals surface area contributed by atoms with Gasteiger partial charge in [-0.3, -0.25) is 0 Å². The fourth-order valence-electron chi connectivity index (χ4n) is 1.94. The van der Waals surface area contributed by atoms with Crippen molar-refractivity contribution in [2.75, 3.05) is 6.54 Å². The molecular formula is C16H29NO2. The fourth-order valence-corrected chi connectivity index (χ4v) is 1.94. The summed E-state index contributed by atoms with van der Waals surface area (Å²) in [7, 11) is 0. The summed E-state index contributed by atoms with van der Waals surface area (Å²) in [4.78, 5) is 11.8. The molecule has 3 nitrogen and oxygen atoms in total. The van der Waals surface area contributed by atoms with Crippen molar-refractivity contribution >= 4 is 6.09 Å². The molecule has 1 unspecified atom stereocenters. The molecular weight excluding hydrogens is 238 g/mol. The van der Waals surface area contributed by atoms with E-state index in [4.69, 9.17) is 4.74 Å². The summed E-state index contributed by atoms with van der Waals surface area (Å²) < 4.78 is 5.52. The number of carbonyl (C=O) groups is 1. The van der Waals surface area contributed by atoms with E-state index in [9.17, 15) is 4.79 Å². The zero-order valence-electron chi connectivity index (χ0n) is 12.9. The molecule has 0 fully saturated rings. The molecule has 0 aromatic heterocycles. The van der Waals surface area contributed by atoms with Gasteiger partial charge in [-0.15, -0.1) is 0 Å². The smallest absolute Gasteiger partial charge is 0.407 e. The maximum Gasteiger partial charge on any atom is 0.407 e. The van der Waals surface area contributed by atoms with Crippen LogP contribution < -0.4 is 5.32 Å². The molecule has 1 aliphatic rings. The molecule has 1 aliphatic carbocycles. The lowest BCUT2D eigenvalue weighted by atomic mass is 9.81. The summed E-state index contributed by atoms with van der Waals surface area (Å²) >= 11 is 0. The first-order valence-electron chi connectivity index (χ1n) is 7.51. The van der Waals surface area contributed by atoms with Gasteiger partial charge in [0, 0.05) is 6.54 Å². The Hall–Kier alpha value is -0.990. The monoisotopic (exact) mass is 267 g/mol. The summed E-state index contributed by atoms with van der Waals surface area (Å²) in [5, 5.41) is 2.91. The van der Waals surface area contributed by atoms with Crippen LogP contribution in [-0.4, -0.2) is 18.7 Å². The minimum Gasteiger partial charge on any atom is -0.446 e. The van der Waals surface area contributed by atoms with Crippen LogP contribution in [0.1, 0.15) is 59.8 Å². The largest absolute Gasteiger partial charge is 0.446 e. The van der Waals surface area contributed by atoms with Gasteiger partial charge in [0.15, 0.2) is 0 Å². The van der Waals surface area contributed by atoms with Crippen LogP contribution >= 0.6 is 0 Å². The Morgan fingerprint density at radius 1 is 1.32 bits per heavy atom. The van der Waals surface area contributed by atoms with Crippen LogP contribution in [0.2, 0.25) is 0 Å². The molecule has 0 saturated heterocycles. The van der Waals surface area contributed by atoms with Crippen molar-refractivity contribution in [3.05, 3.63) is 12.2 Å². The van der Waals surface area contributed by atoms with Gasteiger partial charge >= 0.3 is 6.09 Å². The van der Waals surface area contributed by atoms with Crippen LogP contribution in [0.15, 0.2) is 12.2 Å². The minimum absolute atomic E-state index is 0.0760. The number of carbonyl (C=O) groups excluding carboxylic acids is 1. The summed E-state index contributed by atoms with van der Waals surface area (Å²) in [6, 6.07) is 0. The van der Waals surface area contributed by atoms with Gasteiger partial charge in [0.1, 0.15) is 6.10 Å². The second-order valence-electron chi connectivity index (χ2n) is 6.50.